The lowest BCUT2D eigenvalue weighted by molar-refractivity contribution is -0.123. The Hall–Kier alpha value is -1.47. The molecule has 1 heterocycles. The van der Waals surface area contributed by atoms with E-state index in [1.165, 1.54) is 0 Å². The van der Waals surface area contributed by atoms with Crippen molar-refractivity contribution in [2.75, 3.05) is 5.32 Å². The highest BCUT2D eigenvalue weighted by Gasteiger charge is 2.16. The second-order valence-electron chi connectivity index (χ2n) is 3.53. The Balaban J connectivity index is 2.71. The van der Waals surface area contributed by atoms with E-state index in [-0.39, 0.29) is 6.42 Å². The number of aromatic nitrogens is 1. The second kappa shape index (κ2) is 5.74. The Bertz CT molecular complexity index is 450. The minimum Gasteiger partial charge on any atom is -0.370 e. The predicted molar refractivity (Wildman–Crippen MR) is 67.1 cm³/mol. The third-order valence-electron chi connectivity index (χ3n) is 2.07. The average Bonchev–Trinajstić information content (AvgIpc) is 2.21. The van der Waals surface area contributed by atoms with Gasteiger partial charge in [-0.05, 0) is 35.0 Å². The quantitative estimate of drug-likeness (QED) is 0.694. The molecule has 0 saturated carbocycles. The number of amides is 2. The lowest BCUT2D eigenvalue weighted by Crippen LogP contribution is -2.39. The van der Waals surface area contributed by atoms with Crippen LogP contribution in [0.2, 0.25) is 0 Å². The number of nitrogens with zero attached hydrogens (tertiary/aromatic N) is 1. The van der Waals surface area contributed by atoms with Crippen LogP contribution in [-0.2, 0) is 9.59 Å². The van der Waals surface area contributed by atoms with E-state index in [4.69, 9.17) is 11.5 Å². The molecule has 0 aromatic carbocycles. The van der Waals surface area contributed by atoms with Crippen LogP contribution in [0.15, 0.2) is 16.7 Å². The van der Waals surface area contributed by atoms with Crippen molar-refractivity contribution in [1.29, 1.82) is 0 Å². The molecule has 1 rings (SSSR count). The van der Waals surface area contributed by atoms with Gasteiger partial charge in [0.05, 0.1) is 23.8 Å². The highest BCUT2D eigenvalue weighted by atomic mass is 79.9. The van der Waals surface area contributed by atoms with Crippen molar-refractivity contribution in [3.8, 4) is 0 Å². The van der Waals surface area contributed by atoms with Crippen LogP contribution >= 0.6 is 15.9 Å². The van der Waals surface area contributed by atoms with Crippen molar-refractivity contribution in [2.45, 2.75) is 19.4 Å². The zero-order chi connectivity index (χ0) is 13.0. The summed E-state index contributed by atoms with van der Waals surface area (Å²) in [6, 6.07) is 2.44. The van der Waals surface area contributed by atoms with Gasteiger partial charge in [-0.3, -0.25) is 9.59 Å². The van der Waals surface area contributed by atoms with Gasteiger partial charge in [0, 0.05) is 0 Å². The standard InChI is InChI=1S/C10H13BrN4O2/c1-5-7(2-3-8(11)14-5)15-10(17)6(12)4-9(13)16/h2-3,6H,4,12H2,1H3,(H2,13,16)(H,15,17). The van der Waals surface area contributed by atoms with E-state index >= 15 is 0 Å². The maximum absolute atomic E-state index is 11.6. The van der Waals surface area contributed by atoms with E-state index in [0.717, 1.165) is 0 Å². The molecule has 0 bridgehead atoms. The monoisotopic (exact) mass is 300 g/mol. The number of hydrogen-bond acceptors (Lipinski definition) is 4. The minimum absolute atomic E-state index is 0.186. The Labute approximate surface area is 107 Å². The van der Waals surface area contributed by atoms with Crippen molar-refractivity contribution in [3.05, 3.63) is 22.4 Å². The summed E-state index contributed by atoms with van der Waals surface area (Å²) in [5.74, 6) is -1.07. The third kappa shape index (κ3) is 4.12. The van der Waals surface area contributed by atoms with Crippen LogP contribution in [0.4, 0.5) is 5.69 Å². The normalized spacial score (nSPS) is 11.9. The van der Waals surface area contributed by atoms with Gasteiger partial charge in [-0.15, -0.1) is 0 Å². The van der Waals surface area contributed by atoms with E-state index in [9.17, 15) is 9.59 Å². The van der Waals surface area contributed by atoms with Crippen molar-refractivity contribution < 1.29 is 9.59 Å². The largest absolute Gasteiger partial charge is 0.370 e. The van der Waals surface area contributed by atoms with E-state index < -0.39 is 17.9 Å². The summed E-state index contributed by atoms with van der Waals surface area (Å²) < 4.78 is 0.675. The summed E-state index contributed by atoms with van der Waals surface area (Å²) in [6.45, 7) is 1.75. The van der Waals surface area contributed by atoms with Gasteiger partial charge < -0.3 is 16.8 Å². The fourth-order valence-electron chi connectivity index (χ4n) is 1.20. The molecule has 6 nitrogen and oxygen atoms in total. The molecule has 2 amide bonds. The summed E-state index contributed by atoms with van der Waals surface area (Å²) >= 11 is 3.21. The Kier molecular flexibility index (Phi) is 4.59. The number of rotatable bonds is 4. The van der Waals surface area contributed by atoms with Gasteiger partial charge >= 0.3 is 0 Å². The van der Waals surface area contributed by atoms with Gasteiger partial charge in [0.15, 0.2) is 0 Å². The van der Waals surface area contributed by atoms with Gasteiger partial charge in [0.25, 0.3) is 0 Å². The highest BCUT2D eigenvalue weighted by Crippen LogP contribution is 2.16. The van der Waals surface area contributed by atoms with E-state index in [0.29, 0.717) is 16.0 Å². The van der Waals surface area contributed by atoms with Crippen LogP contribution in [0, 0.1) is 6.92 Å². The predicted octanol–water partition coefficient (Wildman–Crippen LogP) is 0.294. The number of hydrogen-bond donors (Lipinski definition) is 3. The van der Waals surface area contributed by atoms with Crippen molar-refractivity contribution in [3.63, 3.8) is 0 Å². The van der Waals surface area contributed by atoms with Crippen molar-refractivity contribution >= 4 is 33.4 Å². The molecule has 0 aliphatic heterocycles. The van der Waals surface area contributed by atoms with Gasteiger partial charge in [0.2, 0.25) is 11.8 Å². The van der Waals surface area contributed by atoms with E-state index in [1.807, 2.05) is 0 Å². The van der Waals surface area contributed by atoms with Crippen LogP contribution in [0.5, 0.6) is 0 Å². The molecule has 5 N–H and O–H groups in total. The van der Waals surface area contributed by atoms with E-state index in [2.05, 4.69) is 26.2 Å². The van der Waals surface area contributed by atoms with Gasteiger partial charge in [-0.1, -0.05) is 0 Å². The van der Waals surface area contributed by atoms with Gasteiger partial charge in [0.1, 0.15) is 4.60 Å². The van der Waals surface area contributed by atoms with Gasteiger partial charge in [-0.2, -0.15) is 0 Å². The third-order valence-corrected chi connectivity index (χ3v) is 2.51. The van der Waals surface area contributed by atoms with Crippen LogP contribution in [0.3, 0.4) is 0 Å². The SMILES string of the molecule is Cc1nc(Br)ccc1NC(=O)C(N)CC(N)=O. The number of aryl methyl sites for hydroxylation is 1. The molecule has 0 aliphatic rings. The number of primary amides is 1. The Morgan fingerprint density at radius 2 is 2.18 bits per heavy atom. The topological polar surface area (TPSA) is 111 Å². The van der Waals surface area contributed by atoms with E-state index in [1.54, 1.807) is 19.1 Å². The molecule has 17 heavy (non-hydrogen) atoms. The first kappa shape index (κ1) is 13.6. The molecule has 0 spiro atoms. The molecular weight excluding hydrogens is 288 g/mol. The smallest absolute Gasteiger partial charge is 0.241 e. The molecule has 7 heteroatoms. The summed E-state index contributed by atoms with van der Waals surface area (Å²) in [6.07, 6.45) is -0.186. The van der Waals surface area contributed by atoms with Crippen LogP contribution in [0.25, 0.3) is 0 Å². The van der Waals surface area contributed by atoms with Crippen molar-refractivity contribution in [2.24, 2.45) is 11.5 Å². The Morgan fingerprint density at radius 1 is 1.53 bits per heavy atom. The molecule has 0 aliphatic carbocycles. The first-order valence-corrected chi connectivity index (χ1v) is 5.67. The van der Waals surface area contributed by atoms with Crippen LogP contribution in [0.1, 0.15) is 12.1 Å². The molecule has 1 atom stereocenters. The summed E-state index contributed by atoms with van der Waals surface area (Å²) in [7, 11) is 0. The van der Waals surface area contributed by atoms with Crippen LogP contribution < -0.4 is 16.8 Å². The number of carbonyl (C=O) groups is 2. The second-order valence-corrected chi connectivity index (χ2v) is 4.35. The molecule has 1 aromatic rings. The molecule has 0 saturated heterocycles. The number of carbonyl (C=O) groups excluding carboxylic acids is 2. The lowest BCUT2D eigenvalue weighted by atomic mass is 10.2. The Morgan fingerprint density at radius 3 is 2.71 bits per heavy atom. The summed E-state index contributed by atoms with van der Waals surface area (Å²) in [4.78, 5) is 26.3. The number of pyridine rings is 1. The molecule has 92 valence electrons. The molecule has 1 unspecified atom stereocenters. The van der Waals surface area contributed by atoms with Crippen molar-refractivity contribution in [1.82, 2.24) is 4.98 Å². The zero-order valence-electron chi connectivity index (χ0n) is 9.24. The zero-order valence-corrected chi connectivity index (χ0v) is 10.8. The molecular formula is C10H13BrN4O2. The molecule has 1 aromatic heterocycles. The molecule has 0 fully saturated rings. The maximum Gasteiger partial charge on any atom is 0.241 e. The maximum atomic E-state index is 11.6. The highest BCUT2D eigenvalue weighted by molar-refractivity contribution is 9.10. The first-order valence-electron chi connectivity index (χ1n) is 4.88. The van der Waals surface area contributed by atoms with Gasteiger partial charge in [-0.25, -0.2) is 4.98 Å². The average molecular weight is 301 g/mol. The number of nitrogens with one attached hydrogen (secondary N) is 1. The lowest BCUT2D eigenvalue weighted by Gasteiger charge is -2.12. The number of nitrogens with two attached hydrogens (primary N) is 2. The number of halogens is 1. The number of anilines is 1. The summed E-state index contributed by atoms with van der Waals surface area (Å²) in [5, 5.41) is 2.59. The first-order chi connectivity index (χ1) is 7.90. The summed E-state index contributed by atoms with van der Waals surface area (Å²) in [5.41, 5.74) is 11.7. The fraction of sp³-hybridized carbons (Fsp3) is 0.300. The fourth-order valence-corrected chi connectivity index (χ4v) is 1.60. The minimum atomic E-state index is -0.949. The molecule has 0 radical (unpaired) electrons. The van der Waals surface area contributed by atoms with Crippen LogP contribution in [-0.4, -0.2) is 22.8 Å².